The summed E-state index contributed by atoms with van der Waals surface area (Å²) in [6, 6.07) is 4.34. The first kappa shape index (κ1) is 18.1. The van der Waals surface area contributed by atoms with E-state index in [2.05, 4.69) is 14.8 Å². The Kier molecular flexibility index (Phi) is 4.97. The number of hydrogen-bond acceptors (Lipinski definition) is 6. The standard InChI is InChI=1S/C20H27N3O4/c1-25-17-10-16-15(18(26-2)19(17)27-3)9-13(20(24)21-16)11-22-7-8-23-6-4-5-14(23)12-22/h9-10,14H,4-8,11-12H2,1-3H3,(H,21,24). The summed E-state index contributed by atoms with van der Waals surface area (Å²) < 4.78 is 16.4. The van der Waals surface area contributed by atoms with Crippen LogP contribution in [0.3, 0.4) is 0 Å². The van der Waals surface area contributed by atoms with Crippen molar-refractivity contribution in [2.24, 2.45) is 0 Å². The Hall–Kier alpha value is -2.25. The van der Waals surface area contributed by atoms with Gasteiger partial charge in [0.1, 0.15) is 0 Å². The fourth-order valence-corrected chi connectivity index (χ4v) is 4.43. The number of ether oxygens (including phenoxy) is 3. The number of pyridine rings is 1. The average molecular weight is 373 g/mol. The first-order chi connectivity index (χ1) is 13.1. The predicted molar refractivity (Wildman–Crippen MR) is 104 cm³/mol. The maximum atomic E-state index is 12.7. The third kappa shape index (κ3) is 3.26. The number of nitrogens with one attached hydrogen (secondary N) is 1. The lowest BCUT2D eigenvalue weighted by Gasteiger charge is -2.37. The van der Waals surface area contributed by atoms with E-state index >= 15 is 0 Å². The normalized spacial score (nSPS) is 20.6. The number of aromatic nitrogens is 1. The Balaban J connectivity index is 1.69. The van der Waals surface area contributed by atoms with Gasteiger partial charge in [0, 0.05) is 49.2 Å². The van der Waals surface area contributed by atoms with Crippen molar-refractivity contribution < 1.29 is 14.2 Å². The summed E-state index contributed by atoms with van der Waals surface area (Å²) >= 11 is 0. The maximum Gasteiger partial charge on any atom is 0.252 e. The quantitative estimate of drug-likeness (QED) is 0.863. The van der Waals surface area contributed by atoms with Crippen LogP contribution in [0.25, 0.3) is 10.9 Å². The molecule has 2 aliphatic rings. The lowest BCUT2D eigenvalue weighted by atomic mass is 10.1. The van der Waals surface area contributed by atoms with Gasteiger partial charge in [0.2, 0.25) is 5.75 Å². The second-order valence-electron chi connectivity index (χ2n) is 7.30. The van der Waals surface area contributed by atoms with E-state index in [0.29, 0.717) is 35.4 Å². The fraction of sp³-hybridized carbons (Fsp3) is 0.550. The Morgan fingerprint density at radius 1 is 1.07 bits per heavy atom. The molecule has 0 saturated carbocycles. The highest BCUT2D eigenvalue weighted by Gasteiger charge is 2.30. The number of nitrogens with zero attached hydrogens (tertiary/aromatic N) is 2. The Morgan fingerprint density at radius 3 is 2.63 bits per heavy atom. The molecular weight excluding hydrogens is 346 g/mol. The lowest BCUT2D eigenvalue weighted by Crippen LogP contribution is -2.49. The van der Waals surface area contributed by atoms with Gasteiger partial charge >= 0.3 is 0 Å². The van der Waals surface area contributed by atoms with Gasteiger partial charge in [-0.3, -0.25) is 14.6 Å². The molecule has 0 radical (unpaired) electrons. The van der Waals surface area contributed by atoms with Crippen molar-refractivity contribution >= 4 is 10.9 Å². The van der Waals surface area contributed by atoms with Crippen molar-refractivity contribution in [3.63, 3.8) is 0 Å². The minimum absolute atomic E-state index is 0.0642. The zero-order valence-corrected chi connectivity index (χ0v) is 16.2. The Bertz CT molecular complexity index is 895. The van der Waals surface area contributed by atoms with Crippen LogP contribution in [0.1, 0.15) is 18.4 Å². The van der Waals surface area contributed by atoms with Crippen LogP contribution in [-0.4, -0.2) is 68.3 Å². The molecule has 2 aliphatic heterocycles. The van der Waals surface area contributed by atoms with Crippen molar-refractivity contribution in [2.75, 3.05) is 47.5 Å². The van der Waals surface area contributed by atoms with Gasteiger partial charge in [-0.2, -0.15) is 0 Å². The zero-order chi connectivity index (χ0) is 19.0. The van der Waals surface area contributed by atoms with Gasteiger partial charge in [-0.15, -0.1) is 0 Å². The minimum atomic E-state index is -0.0642. The number of piperazine rings is 1. The topological polar surface area (TPSA) is 67.0 Å². The molecule has 146 valence electrons. The van der Waals surface area contributed by atoms with E-state index in [4.69, 9.17) is 14.2 Å². The molecule has 3 heterocycles. The number of rotatable bonds is 5. The zero-order valence-electron chi connectivity index (χ0n) is 16.2. The average Bonchev–Trinajstić information content (AvgIpc) is 3.15. The van der Waals surface area contributed by atoms with Crippen molar-refractivity contribution in [2.45, 2.75) is 25.4 Å². The van der Waals surface area contributed by atoms with Crippen LogP contribution in [-0.2, 0) is 6.54 Å². The van der Waals surface area contributed by atoms with Crippen LogP contribution in [0.2, 0.25) is 0 Å². The molecule has 0 aliphatic carbocycles. The molecule has 0 bridgehead atoms. The van der Waals surface area contributed by atoms with Crippen LogP contribution < -0.4 is 19.8 Å². The van der Waals surface area contributed by atoms with E-state index in [1.165, 1.54) is 19.4 Å². The molecule has 4 rings (SSSR count). The molecule has 2 aromatic rings. The van der Waals surface area contributed by atoms with Crippen LogP contribution >= 0.6 is 0 Å². The van der Waals surface area contributed by atoms with Crippen LogP contribution in [0.5, 0.6) is 17.2 Å². The summed E-state index contributed by atoms with van der Waals surface area (Å²) in [4.78, 5) is 20.6. The lowest BCUT2D eigenvalue weighted by molar-refractivity contribution is 0.0991. The van der Waals surface area contributed by atoms with E-state index in [0.717, 1.165) is 30.6 Å². The van der Waals surface area contributed by atoms with Crippen molar-refractivity contribution in [3.8, 4) is 17.2 Å². The highest BCUT2D eigenvalue weighted by atomic mass is 16.5. The molecule has 1 unspecified atom stereocenters. The van der Waals surface area contributed by atoms with Crippen LogP contribution in [0, 0.1) is 0 Å². The number of aromatic amines is 1. The van der Waals surface area contributed by atoms with E-state index < -0.39 is 0 Å². The maximum absolute atomic E-state index is 12.7. The second kappa shape index (κ2) is 7.40. The van der Waals surface area contributed by atoms with E-state index in [1.807, 2.05) is 6.07 Å². The highest BCUT2D eigenvalue weighted by molar-refractivity contribution is 5.90. The highest BCUT2D eigenvalue weighted by Crippen LogP contribution is 2.42. The summed E-state index contributed by atoms with van der Waals surface area (Å²) in [5, 5.41) is 0.823. The molecular formula is C20H27N3O4. The largest absolute Gasteiger partial charge is 0.493 e. The van der Waals surface area contributed by atoms with Gasteiger partial charge in [0.25, 0.3) is 5.56 Å². The Morgan fingerprint density at radius 2 is 1.89 bits per heavy atom. The molecule has 27 heavy (non-hydrogen) atoms. The summed E-state index contributed by atoms with van der Waals surface area (Å²) in [5.74, 6) is 1.64. The number of H-pyrrole nitrogens is 1. The summed E-state index contributed by atoms with van der Waals surface area (Å²) in [6.45, 7) is 4.98. The first-order valence-corrected chi connectivity index (χ1v) is 9.46. The molecule has 0 amide bonds. The summed E-state index contributed by atoms with van der Waals surface area (Å²) in [6.07, 6.45) is 2.54. The van der Waals surface area contributed by atoms with Gasteiger partial charge in [0.15, 0.2) is 11.5 Å². The van der Waals surface area contributed by atoms with Crippen molar-refractivity contribution in [3.05, 3.63) is 28.0 Å². The van der Waals surface area contributed by atoms with E-state index in [9.17, 15) is 4.79 Å². The van der Waals surface area contributed by atoms with Gasteiger partial charge in [-0.05, 0) is 25.5 Å². The van der Waals surface area contributed by atoms with Crippen LogP contribution in [0.4, 0.5) is 0 Å². The van der Waals surface area contributed by atoms with Gasteiger partial charge < -0.3 is 19.2 Å². The Labute approximate surface area is 158 Å². The number of methoxy groups -OCH3 is 3. The second-order valence-corrected chi connectivity index (χ2v) is 7.30. The molecule has 2 fully saturated rings. The molecule has 1 aromatic carbocycles. The van der Waals surface area contributed by atoms with Gasteiger partial charge in [-0.1, -0.05) is 0 Å². The number of fused-ring (bicyclic) bond motifs is 2. The summed E-state index contributed by atoms with van der Waals surface area (Å²) in [5.41, 5.74) is 1.36. The number of benzene rings is 1. The third-order valence-corrected chi connectivity index (χ3v) is 5.79. The predicted octanol–water partition coefficient (Wildman–Crippen LogP) is 1.83. The van der Waals surface area contributed by atoms with Gasteiger partial charge in [0.05, 0.1) is 26.8 Å². The van der Waals surface area contributed by atoms with Crippen molar-refractivity contribution in [1.82, 2.24) is 14.8 Å². The minimum Gasteiger partial charge on any atom is -0.493 e. The SMILES string of the molecule is COc1cc2[nH]c(=O)c(CN3CCN4CCCC4C3)cc2c(OC)c1OC. The van der Waals surface area contributed by atoms with Crippen molar-refractivity contribution in [1.29, 1.82) is 0 Å². The molecule has 1 aromatic heterocycles. The fourth-order valence-electron chi connectivity index (χ4n) is 4.43. The molecule has 1 atom stereocenters. The number of hydrogen-bond donors (Lipinski definition) is 1. The van der Waals surface area contributed by atoms with Gasteiger partial charge in [-0.25, -0.2) is 0 Å². The molecule has 2 saturated heterocycles. The van der Waals surface area contributed by atoms with E-state index in [1.54, 1.807) is 27.4 Å². The molecule has 7 heteroatoms. The molecule has 1 N–H and O–H groups in total. The first-order valence-electron chi connectivity index (χ1n) is 9.46. The monoisotopic (exact) mass is 373 g/mol. The summed E-state index contributed by atoms with van der Waals surface area (Å²) in [7, 11) is 4.75. The van der Waals surface area contributed by atoms with E-state index in [-0.39, 0.29) is 5.56 Å². The van der Waals surface area contributed by atoms with Crippen LogP contribution in [0.15, 0.2) is 16.9 Å². The molecule has 7 nitrogen and oxygen atoms in total. The smallest absolute Gasteiger partial charge is 0.252 e. The molecule has 0 spiro atoms. The third-order valence-electron chi connectivity index (χ3n) is 5.79.